The van der Waals surface area contributed by atoms with E-state index < -0.39 is 18.2 Å². The predicted molar refractivity (Wildman–Crippen MR) is 77.3 cm³/mol. The number of fused-ring (bicyclic) bond motifs is 2. The average molecular weight is 323 g/mol. The summed E-state index contributed by atoms with van der Waals surface area (Å²) in [5.41, 5.74) is 0. The van der Waals surface area contributed by atoms with E-state index in [1.807, 2.05) is 0 Å². The van der Waals surface area contributed by atoms with Crippen LogP contribution in [0.4, 0.5) is 4.79 Å². The molecule has 3 rings (SSSR count). The molecule has 2 amide bonds. The van der Waals surface area contributed by atoms with Gasteiger partial charge in [-0.25, -0.2) is 4.79 Å². The molecular formula is C15H21N3O5. The predicted octanol–water partition coefficient (Wildman–Crippen LogP) is 0.0193. The van der Waals surface area contributed by atoms with Gasteiger partial charge in [-0.05, 0) is 31.6 Å². The van der Waals surface area contributed by atoms with Gasteiger partial charge >= 0.3 is 6.09 Å². The number of likely N-dealkylation sites (tertiary alicyclic amines) is 2. The Hall–Kier alpha value is -1.85. The molecule has 5 atom stereocenters. The van der Waals surface area contributed by atoms with Gasteiger partial charge in [-0.1, -0.05) is 0 Å². The monoisotopic (exact) mass is 323 g/mol. The standard InChI is InChI=1S/C15H21N3O5/c16-8-10-2-1-3-17(10)14(20)13-9-6-11(18(13)15(21)22)12(7-9)23-5-4-19/h9-13,19H,1-7H2,(H,21,22)/t9-,10-,11+,12+,13-/m0/s1. The molecule has 2 aliphatic heterocycles. The fourth-order valence-electron chi connectivity index (χ4n) is 4.30. The van der Waals surface area contributed by atoms with Crippen molar-refractivity contribution < 1.29 is 24.5 Å². The second-order valence-corrected chi connectivity index (χ2v) is 6.39. The third-order valence-corrected chi connectivity index (χ3v) is 5.19. The summed E-state index contributed by atoms with van der Waals surface area (Å²) in [6.07, 6.45) is 1.26. The molecular weight excluding hydrogens is 302 g/mol. The number of hydrogen-bond donors (Lipinski definition) is 2. The molecule has 1 aliphatic carbocycles. The van der Waals surface area contributed by atoms with Gasteiger partial charge in [0.25, 0.3) is 0 Å². The minimum Gasteiger partial charge on any atom is -0.465 e. The van der Waals surface area contributed by atoms with Gasteiger partial charge in [0.05, 0.1) is 31.4 Å². The fraction of sp³-hybridized carbons (Fsp3) is 0.800. The minimum absolute atomic E-state index is 0.0766. The Morgan fingerprint density at radius 3 is 2.78 bits per heavy atom. The van der Waals surface area contributed by atoms with Crippen LogP contribution in [0.2, 0.25) is 0 Å². The first-order valence-electron chi connectivity index (χ1n) is 8.02. The van der Waals surface area contributed by atoms with E-state index in [-0.39, 0.29) is 37.2 Å². The summed E-state index contributed by atoms with van der Waals surface area (Å²) in [7, 11) is 0. The molecule has 3 aliphatic rings. The first kappa shape index (κ1) is 16.0. The number of carbonyl (C=O) groups excluding carboxylic acids is 1. The first-order valence-corrected chi connectivity index (χ1v) is 8.02. The normalized spacial score (nSPS) is 35.6. The van der Waals surface area contributed by atoms with Crippen molar-refractivity contribution in [1.82, 2.24) is 9.80 Å². The Labute approximate surface area is 134 Å². The molecule has 2 bridgehead atoms. The van der Waals surface area contributed by atoms with Gasteiger partial charge in [0.15, 0.2) is 0 Å². The van der Waals surface area contributed by atoms with Crippen LogP contribution in [-0.4, -0.2) is 76.0 Å². The van der Waals surface area contributed by atoms with E-state index in [2.05, 4.69) is 6.07 Å². The van der Waals surface area contributed by atoms with Gasteiger partial charge in [-0.3, -0.25) is 9.69 Å². The van der Waals surface area contributed by atoms with Gasteiger partial charge in [0.1, 0.15) is 12.1 Å². The number of ether oxygens (including phenoxy) is 1. The van der Waals surface area contributed by atoms with Crippen LogP contribution in [0.15, 0.2) is 0 Å². The lowest BCUT2D eigenvalue weighted by molar-refractivity contribution is -0.140. The number of aliphatic hydroxyl groups excluding tert-OH is 1. The van der Waals surface area contributed by atoms with Crippen LogP contribution < -0.4 is 0 Å². The zero-order valence-corrected chi connectivity index (χ0v) is 12.8. The van der Waals surface area contributed by atoms with Crippen molar-refractivity contribution in [2.75, 3.05) is 19.8 Å². The van der Waals surface area contributed by atoms with E-state index in [1.54, 1.807) is 0 Å². The molecule has 0 spiro atoms. The molecule has 1 saturated carbocycles. The topological polar surface area (TPSA) is 114 Å². The Morgan fingerprint density at radius 2 is 2.13 bits per heavy atom. The molecule has 0 aromatic carbocycles. The second kappa shape index (κ2) is 6.34. The third kappa shape index (κ3) is 2.64. The molecule has 8 heteroatoms. The van der Waals surface area contributed by atoms with Crippen LogP contribution in [-0.2, 0) is 9.53 Å². The van der Waals surface area contributed by atoms with Gasteiger partial charge in [-0.15, -0.1) is 0 Å². The smallest absolute Gasteiger partial charge is 0.408 e. The summed E-state index contributed by atoms with van der Waals surface area (Å²) in [5.74, 6) is -0.322. The van der Waals surface area contributed by atoms with Gasteiger partial charge in [0.2, 0.25) is 5.91 Å². The number of rotatable bonds is 4. The minimum atomic E-state index is -1.12. The van der Waals surface area contributed by atoms with Crippen molar-refractivity contribution in [3.05, 3.63) is 0 Å². The lowest BCUT2D eigenvalue weighted by atomic mass is 9.96. The van der Waals surface area contributed by atoms with Crippen molar-refractivity contribution in [2.24, 2.45) is 5.92 Å². The second-order valence-electron chi connectivity index (χ2n) is 6.39. The molecule has 3 fully saturated rings. The molecule has 0 radical (unpaired) electrons. The van der Waals surface area contributed by atoms with E-state index in [1.165, 1.54) is 9.80 Å². The average Bonchev–Trinajstić information content (AvgIpc) is 3.24. The highest BCUT2D eigenvalue weighted by atomic mass is 16.5. The SMILES string of the molecule is N#C[C@@H]1CCCN1C(=O)[C@@H]1[C@H]2C[C@H]([C@H](OCCO)C2)N1C(=O)O. The number of nitrogens with zero attached hydrogens (tertiary/aromatic N) is 3. The molecule has 2 heterocycles. The Balaban J connectivity index is 1.77. The summed E-state index contributed by atoms with van der Waals surface area (Å²) in [6.45, 7) is 0.576. The zero-order valence-electron chi connectivity index (χ0n) is 12.8. The summed E-state index contributed by atoms with van der Waals surface area (Å²) >= 11 is 0. The lowest BCUT2D eigenvalue weighted by Gasteiger charge is -2.38. The van der Waals surface area contributed by atoms with Crippen LogP contribution in [0.25, 0.3) is 0 Å². The maximum absolute atomic E-state index is 12.8. The molecule has 2 saturated heterocycles. The Bertz CT molecular complexity index is 534. The van der Waals surface area contributed by atoms with Crippen LogP contribution in [0, 0.1) is 17.2 Å². The fourth-order valence-corrected chi connectivity index (χ4v) is 4.30. The largest absolute Gasteiger partial charge is 0.465 e. The number of piperidine rings is 1. The van der Waals surface area contributed by atoms with Crippen LogP contribution in [0.1, 0.15) is 25.7 Å². The highest BCUT2D eigenvalue weighted by Crippen LogP contribution is 2.45. The van der Waals surface area contributed by atoms with Gasteiger partial charge in [-0.2, -0.15) is 5.26 Å². The van der Waals surface area contributed by atoms with E-state index in [4.69, 9.17) is 15.1 Å². The number of nitriles is 1. The molecule has 8 nitrogen and oxygen atoms in total. The van der Waals surface area contributed by atoms with Crippen LogP contribution in [0.5, 0.6) is 0 Å². The molecule has 0 aromatic heterocycles. The lowest BCUT2D eigenvalue weighted by Crippen LogP contribution is -2.57. The van der Waals surface area contributed by atoms with E-state index in [9.17, 15) is 14.7 Å². The number of carbonyl (C=O) groups is 2. The van der Waals surface area contributed by atoms with Crippen LogP contribution in [0.3, 0.4) is 0 Å². The maximum atomic E-state index is 12.8. The molecule has 23 heavy (non-hydrogen) atoms. The number of carboxylic acid groups (broad SMARTS) is 1. The Morgan fingerprint density at radius 1 is 1.35 bits per heavy atom. The molecule has 0 unspecified atom stereocenters. The number of aliphatic hydroxyl groups is 1. The zero-order chi connectivity index (χ0) is 16.6. The summed E-state index contributed by atoms with van der Waals surface area (Å²) in [5, 5.41) is 27.6. The van der Waals surface area contributed by atoms with Crippen molar-refractivity contribution in [2.45, 2.75) is 49.9 Å². The van der Waals surface area contributed by atoms with Gasteiger partial charge in [0, 0.05) is 6.54 Å². The summed E-state index contributed by atoms with van der Waals surface area (Å²) < 4.78 is 5.53. The summed E-state index contributed by atoms with van der Waals surface area (Å²) in [4.78, 5) is 27.3. The van der Waals surface area contributed by atoms with Crippen molar-refractivity contribution in [3.63, 3.8) is 0 Å². The highest BCUT2D eigenvalue weighted by Gasteiger charge is 2.57. The first-order chi connectivity index (χ1) is 11.1. The van der Waals surface area contributed by atoms with E-state index in [0.29, 0.717) is 25.8 Å². The quantitative estimate of drug-likeness (QED) is 0.754. The molecule has 126 valence electrons. The van der Waals surface area contributed by atoms with Crippen molar-refractivity contribution >= 4 is 12.0 Å². The van der Waals surface area contributed by atoms with Crippen molar-refractivity contribution in [1.29, 1.82) is 5.26 Å². The maximum Gasteiger partial charge on any atom is 0.408 e. The van der Waals surface area contributed by atoms with Crippen molar-refractivity contribution in [3.8, 4) is 6.07 Å². The Kier molecular flexibility index (Phi) is 4.41. The van der Waals surface area contributed by atoms with E-state index >= 15 is 0 Å². The third-order valence-electron chi connectivity index (χ3n) is 5.19. The van der Waals surface area contributed by atoms with Crippen LogP contribution >= 0.6 is 0 Å². The molecule has 2 N–H and O–H groups in total. The number of hydrogen-bond acceptors (Lipinski definition) is 5. The highest BCUT2D eigenvalue weighted by molar-refractivity contribution is 5.87. The molecule has 0 aromatic rings. The van der Waals surface area contributed by atoms with Gasteiger partial charge < -0.3 is 19.8 Å². The van der Waals surface area contributed by atoms with E-state index in [0.717, 1.165) is 6.42 Å². The summed E-state index contributed by atoms with van der Waals surface area (Å²) in [6, 6.07) is 0.630. The number of amides is 2.